The summed E-state index contributed by atoms with van der Waals surface area (Å²) in [6.07, 6.45) is 0. The van der Waals surface area contributed by atoms with Gasteiger partial charge in [-0.3, -0.25) is 0 Å². The third-order valence-corrected chi connectivity index (χ3v) is 4.98. The predicted octanol–water partition coefficient (Wildman–Crippen LogP) is 6.28. The van der Waals surface area contributed by atoms with Crippen molar-refractivity contribution in [3.05, 3.63) is 94.5 Å². The lowest BCUT2D eigenvalue weighted by atomic mass is 10.00. The number of aliphatic hydroxyl groups excluding tert-OH is 1. The summed E-state index contributed by atoms with van der Waals surface area (Å²) in [5, 5.41) is 11.2. The smallest absolute Gasteiger partial charge is 0.160 e. The van der Waals surface area contributed by atoms with Gasteiger partial charge in [0.1, 0.15) is 0 Å². The van der Waals surface area contributed by atoms with E-state index in [9.17, 15) is 5.11 Å². The maximum atomic E-state index is 10.2. The van der Waals surface area contributed by atoms with Crippen molar-refractivity contribution in [2.24, 2.45) is 0 Å². The van der Waals surface area contributed by atoms with Crippen LogP contribution >= 0.6 is 23.2 Å². The SMILES string of the molecule is OCc1c(-c2ccccc2)nc(-c2ccccc2)nc1-c1ccc(Cl)cc1Cl. The van der Waals surface area contributed by atoms with Gasteiger partial charge >= 0.3 is 0 Å². The third-order valence-electron chi connectivity index (χ3n) is 4.43. The van der Waals surface area contributed by atoms with Crippen LogP contribution < -0.4 is 0 Å². The van der Waals surface area contributed by atoms with E-state index in [-0.39, 0.29) is 6.61 Å². The molecule has 5 heteroatoms. The Balaban J connectivity index is 2.03. The van der Waals surface area contributed by atoms with E-state index in [2.05, 4.69) is 0 Å². The molecule has 0 saturated carbocycles. The summed E-state index contributed by atoms with van der Waals surface area (Å²) in [6, 6.07) is 24.7. The molecule has 0 fully saturated rings. The molecule has 4 aromatic rings. The van der Waals surface area contributed by atoms with Crippen molar-refractivity contribution in [3.8, 4) is 33.9 Å². The van der Waals surface area contributed by atoms with Crippen LogP contribution in [0.15, 0.2) is 78.9 Å². The highest BCUT2D eigenvalue weighted by Crippen LogP contribution is 2.36. The van der Waals surface area contributed by atoms with Crippen LogP contribution in [-0.4, -0.2) is 15.1 Å². The maximum absolute atomic E-state index is 10.2. The highest BCUT2D eigenvalue weighted by atomic mass is 35.5. The molecule has 1 aromatic heterocycles. The van der Waals surface area contributed by atoms with E-state index in [4.69, 9.17) is 33.2 Å². The Kier molecular flexibility index (Phi) is 5.40. The second-order valence-corrected chi connectivity index (χ2v) is 7.08. The van der Waals surface area contributed by atoms with Crippen molar-refractivity contribution in [3.63, 3.8) is 0 Å². The monoisotopic (exact) mass is 406 g/mol. The normalized spacial score (nSPS) is 10.8. The molecule has 1 N–H and O–H groups in total. The fourth-order valence-corrected chi connectivity index (χ4v) is 3.59. The number of nitrogens with zero attached hydrogens (tertiary/aromatic N) is 2. The minimum Gasteiger partial charge on any atom is -0.392 e. The number of benzene rings is 3. The molecule has 0 amide bonds. The van der Waals surface area contributed by atoms with Crippen LogP contribution in [0.5, 0.6) is 0 Å². The average molecular weight is 407 g/mol. The molecule has 0 aliphatic rings. The fraction of sp³-hybridized carbons (Fsp3) is 0.0435. The topological polar surface area (TPSA) is 46.0 Å². The lowest BCUT2D eigenvalue weighted by Crippen LogP contribution is -2.03. The summed E-state index contributed by atoms with van der Waals surface area (Å²) in [6.45, 7) is -0.215. The highest BCUT2D eigenvalue weighted by molar-refractivity contribution is 6.36. The van der Waals surface area contributed by atoms with E-state index in [0.29, 0.717) is 38.4 Å². The Morgan fingerprint density at radius 3 is 1.93 bits per heavy atom. The van der Waals surface area contributed by atoms with Gasteiger partial charge in [0, 0.05) is 27.3 Å². The van der Waals surface area contributed by atoms with Gasteiger partial charge in [-0.25, -0.2) is 9.97 Å². The van der Waals surface area contributed by atoms with Gasteiger partial charge in [-0.2, -0.15) is 0 Å². The Bertz CT molecular complexity index is 1120. The average Bonchev–Trinajstić information content (AvgIpc) is 2.74. The Hall–Kier alpha value is -2.72. The van der Waals surface area contributed by atoms with E-state index >= 15 is 0 Å². The first-order chi connectivity index (χ1) is 13.7. The third kappa shape index (κ3) is 3.65. The predicted molar refractivity (Wildman–Crippen MR) is 114 cm³/mol. The number of hydrogen-bond acceptors (Lipinski definition) is 3. The van der Waals surface area contributed by atoms with E-state index in [0.717, 1.165) is 11.1 Å². The first-order valence-corrected chi connectivity index (χ1v) is 9.51. The van der Waals surface area contributed by atoms with Crippen LogP contribution in [0, 0.1) is 0 Å². The van der Waals surface area contributed by atoms with Gasteiger partial charge in [-0.1, -0.05) is 83.9 Å². The molecule has 3 nitrogen and oxygen atoms in total. The summed E-state index contributed by atoms with van der Waals surface area (Å²) < 4.78 is 0. The van der Waals surface area contributed by atoms with Crippen LogP contribution in [-0.2, 0) is 6.61 Å². The van der Waals surface area contributed by atoms with Gasteiger partial charge < -0.3 is 5.11 Å². The molecule has 138 valence electrons. The van der Waals surface area contributed by atoms with Gasteiger partial charge in [0.05, 0.1) is 23.0 Å². The van der Waals surface area contributed by atoms with E-state index in [1.54, 1.807) is 12.1 Å². The van der Waals surface area contributed by atoms with Crippen LogP contribution in [0.1, 0.15) is 5.56 Å². The largest absolute Gasteiger partial charge is 0.392 e. The van der Waals surface area contributed by atoms with Gasteiger partial charge in [0.25, 0.3) is 0 Å². The van der Waals surface area contributed by atoms with E-state index in [1.165, 1.54) is 0 Å². The van der Waals surface area contributed by atoms with Crippen molar-refractivity contribution in [1.29, 1.82) is 0 Å². The molecule has 0 bridgehead atoms. The molecule has 1 heterocycles. The van der Waals surface area contributed by atoms with Crippen molar-refractivity contribution in [2.75, 3.05) is 0 Å². The molecular weight excluding hydrogens is 391 g/mol. The van der Waals surface area contributed by atoms with Gasteiger partial charge in [-0.05, 0) is 18.2 Å². The summed E-state index contributed by atoms with van der Waals surface area (Å²) in [5.74, 6) is 0.567. The molecule has 3 aromatic carbocycles. The minimum absolute atomic E-state index is 0.215. The quantitative estimate of drug-likeness (QED) is 0.433. The molecule has 0 spiro atoms. The molecular formula is C23H16Cl2N2O. The van der Waals surface area contributed by atoms with Crippen LogP contribution in [0.3, 0.4) is 0 Å². The zero-order chi connectivity index (χ0) is 19.5. The van der Waals surface area contributed by atoms with Crippen LogP contribution in [0.2, 0.25) is 10.0 Å². The molecule has 0 atom stereocenters. The summed E-state index contributed by atoms with van der Waals surface area (Å²) in [5.41, 5.74) is 4.38. The summed E-state index contributed by atoms with van der Waals surface area (Å²) in [4.78, 5) is 9.54. The molecule has 0 saturated heterocycles. The number of halogens is 2. The zero-order valence-electron chi connectivity index (χ0n) is 14.8. The maximum Gasteiger partial charge on any atom is 0.160 e. The first-order valence-electron chi connectivity index (χ1n) is 8.75. The first kappa shape index (κ1) is 18.6. The van der Waals surface area contributed by atoms with Gasteiger partial charge in [-0.15, -0.1) is 0 Å². The summed E-state index contributed by atoms with van der Waals surface area (Å²) in [7, 11) is 0. The number of rotatable bonds is 4. The number of hydrogen-bond donors (Lipinski definition) is 1. The Morgan fingerprint density at radius 2 is 1.32 bits per heavy atom. The number of aliphatic hydroxyl groups is 1. The lowest BCUT2D eigenvalue weighted by molar-refractivity contribution is 0.282. The molecule has 0 radical (unpaired) electrons. The standard InChI is InChI=1S/C23H16Cl2N2O/c24-17-11-12-18(20(25)13-17)22-19(14-28)21(15-7-3-1-4-8-15)26-23(27-22)16-9-5-2-6-10-16/h1-13,28H,14H2. The molecule has 0 aliphatic carbocycles. The zero-order valence-corrected chi connectivity index (χ0v) is 16.3. The lowest BCUT2D eigenvalue weighted by Gasteiger charge is -2.15. The highest BCUT2D eigenvalue weighted by Gasteiger charge is 2.19. The van der Waals surface area contributed by atoms with Gasteiger partial charge in [0.15, 0.2) is 5.82 Å². The number of aromatic nitrogens is 2. The van der Waals surface area contributed by atoms with Crippen LogP contribution in [0.25, 0.3) is 33.9 Å². The Morgan fingerprint density at radius 1 is 0.714 bits per heavy atom. The van der Waals surface area contributed by atoms with Crippen molar-refractivity contribution in [1.82, 2.24) is 9.97 Å². The second kappa shape index (κ2) is 8.11. The second-order valence-electron chi connectivity index (χ2n) is 6.24. The van der Waals surface area contributed by atoms with Crippen molar-refractivity contribution < 1.29 is 5.11 Å². The van der Waals surface area contributed by atoms with E-state index < -0.39 is 0 Å². The molecule has 4 rings (SSSR count). The van der Waals surface area contributed by atoms with E-state index in [1.807, 2.05) is 66.7 Å². The fourth-order valence-electron chi connectivity index (χ4n) is 3.09. The van der Waals surface area contributed by atoms with Crippen LogP contribution in [0.4, 0.5) is 0 Å². The molecule has 28 heavy (non-hydrogen) atoms. The summed E-state index contributed by atoms with van der Waals surface area (Å²) >= 11 is 12.5. The van der Waals surface area contributed by atoms with Gasteiger partial charge in [0.2, 0.25) is 0 Å². The molecule has 0 aliphatic heterocycles. The Labute approximate surface area is 173 Å². The minimum atomic E-state index is -0.215. The van der Waals surface area contributed by atoms with Crippen molar-refractivity contribution >= 4 is 23.2 Å². The molecule has 0 unspecified atom stereocenters. The van der Waals surface area contributed by atoms with Crippen molar-refractivity contribution in [2.45, 2.75) is 6.61 Å².